The van der Waals surface area contributed by atoms with Gasteiger partial charge in [-0.05, 0) is 71.9 Å². The molecular formula is C30H39N3S3. The first-order valence-corrected chi connectivity index (χ1v) is 15.5. The van der Waals surface area contributed by atoms with Crippen molar-refractivity contribution in [2.24, 2.45) is 16.2 Å². The fourth-order valence-electron chi connectivity index (χ4n) is 6.18. The van der Waals surface area contributed by atoms with Crippen LogP contribution in [0.5, 0.6) is 0 Å². The molecule has 3 aromatic rings. The molecule has 0 radical (unpaired) electrons. The first-order valence-electron chi connectivity index (χ1n) is 12.5. The van der Waals surface area contributed by atoms with Crippen molar-refractivity contribution in [2.75, 3.05) is 34.5 Å². The molecule has 0 unspecified atom stereocenters. The predicted molar refractivity (Wildman–Crippen MR) is 163 cm³/mol. The van der Waals surface area contributed by atoms with E-state index in [0.717, 1.165) is 34.3 Å². The maximum absolute atomic E-state index is 6.29. The van der Waals surface area contributed by atoms with Crippen LogP contribution in [0.2, 0.25) is 0 Å². The highest BCUT2D eigenvalue weighted by Crippen LogP contribution is 2.58. The van der Waals surface area contributed by atoms with Crippen LogP contribution in [0.25, 0.3) is 0 Å². The van der Waals surface area contributed by atoms with Crippen LogP contribution in [0.1, 0.15) is 40.0 Å². The molecule has 1 fully saturated rings. The first-order chi connectivity index (χ1) is 17.1. The number of nitrogens with two attached hydrogens (primary N) is 3. The summed E-state index contributed by atoms with van der Waals surface area (Å²) in [5.41, 5.74) is 22.1. The summed E-state index contributed by atoms with van der Waals surface area (Å²) in [4.78, 5) is 3.56. The number of benzene rings is 3. The number of nitrogen functional groups attached to an aromatic ring is 3. The topological polar surface area (TPSA) is 78.1 Å². The fraction of sp³-hybridized carbons (Fsp3) is 0.400. The number of hydrogen-bond acceptors (Lipinski definition) is 6. The van der Waals surface area contributed by atoms with E-state index in [-0.39, 0.29) is 16.2 Å². The predicted octanol–water partition coefficient (Wildman–Crippen LogP) is 8.31. The van der Waals surface area contributed by atoms with Crippen molar-refractivity contribution in [3.8, 4) is 0 Å². The Hall–Kier alpha value is -1.89. The lowest BCUT2D eigenvalue weighted by Gasteiger charge is -2.53. The highest BCUT2D eigenvalue weighted by Gasteiger charge is 2.48. The minimum atomic E-state index is 0.195. The molecule has 1 aliphatic rings. The maximum atomic E-state index is 6.29. The largest absolute Gasteiger partial charge is 0.398 e. The summed E-state index contributed by atoms with van der Waals surface area (Å²) in [5.74, 6) is 3.17. The van der Waals surface area contributed by atoms with E-state index < -0.39 is 0 Å². The number of rotatable bonds is 9. The van der Waals surface area contributed by atoms with Crippen molar-refractivity contribution >= 4 is 52.3 Å². The number of thioether (sulfide) groups is 3. The van der Waals surface area contributed by atoms with Crippen molar-refractivity contribution in [1.29, 1.82) is 0 Å². The zero-order valence-electron chi connectivity index (χ0n) is 21.6. The summed E-state index contributed by atoms with van der Waals surface area (Å²) < 4.78 is 0. The molecule has 0 heterocycles. The molecule has 1 saturated carbocycles. The van der Waals surface area contributed by atoms with E-state index in [0.29, 0.717) is 0 Å². The number of anilines is 3. The average Bonchev–Trinajstić information content (AvgIpc) is 2.82. The molecule has 3 nitrogen and oxygen atoms in total. The van der Waals surface area contributed by atoms with Crippen LogP contribution < -0.4 is 17.2 Å². The Morgan fingerprint density at radius 1 is 0.500 bits per heavy atom. The third-order valence-electron chi connectivity index (χ3n) is 7.05. The first kappa shape index (κ1) is 27.2. The number of hydrogen-bond donors (Lipinski definition) is 3. The van der Waals surface area contributed by atoms with Gasteiger partial charge in [0, 0.05) is 49.0 Å². The quantitative estimate of drug-likeness (QED) is 0.188. The molecule has 0 amide bonds. The Morgan fingerprint density at radius 2 is 0.750 bits per heavy atom. The van der Waals surface area contributed by atoms with Gasteiger partial charge in [0.1, 0.15) is 0 Å². The summed E-state index contributed by atoms with van der Waals surface area (Å²) in [6, 6.07) is 24.7. The molecule has 4 rings (SSSR count). The molecule has 0 aliphatic heterocycles. The van der Waals surface area contributed by atoms with Crippen molar-refractivity contribution in [2.45, 2.75) is 54.7 Å². The Bertz CT molecular complexity index is 1030. The molecule has 1 aliphatic carbocycles. The van der Waals surface area contributed by atoms with Crippen LogP contribution in [0, 0.1) is 16.2 Å². The van der Waals surface area contributed by atoms with E-state index >= 15 is 0 Å². The summed E-state index contributed by atoms with van der Waals surface area (Å²) >= 11 is 5.73. The van der Waals surface area contributed by atoms with Gasteiger partial charge in [-0.25, -0.2) is 0 Å². The zero-order chi connectivity index (χ0) is 25.8. The second kappa shape index (κ2) is 11.2. The van der Waals surface area contributed by atoms with Crippen molar-refractivity contribution in [3.63, 3.8) is 0 Å². The molecule has 36 heavy (non-hydrogen) atoms. The molecule has 3 aromatic carbocycles. The average molecular weight is 538 g/mol. The lowest BCUT2D eigenvalue weighted by Crippen LogP contribution is -2.46. The van der Waals surface area contributed by atoms with Crippen molar-refractivity contribution in [3.05, 3.63) is 72.8 Å². The fourth-order valence-corrected chi connectivity index (χ4v) is 9.53. The van der Waals surface area contributed by atoms with E-state index in [4.69, 9.17) is 17.2 Å². The molecule has 6 heteroatoms. The van der Waals surface area contributed by atoms with Gasteiger partial charge < -0.3 is 17.2 Å². The van der Waals surface area contributed by atoms with Gasteiger partial charge in [0.05, 0.1) is 0 Å². The monoisotopic (exact) mass is 537 g/mol. The minimum Gasteiger partial charge on any atom is -0.398 e. The minimum absolute atomic E-state index is 0.195. The molecule has 0 spiro atoms. The van der Waals surface area contributed by atoms with E-state index in [1.807, 2.05) is 71.7 Å². The highest BCUT2D eigenvalue weighted by atomic mass is 32.2. The standard InChI is InChI=1S/C30H39N3S3/c1-28(19-34-25-13-7-4-10-22(25)31)16-29(2,20-35-26-14-8-5-11-23(26)32)18-30(3,17-28)21-36-27-15-9-6-12-24(27)33/h4-15H,16-21,31-33H2,1-3H3. The lowest BCUT2D eigenvalue weighted by atomic mass is 9.56. The van der Waals surface area contributed by atoms with Gasteiger partial charge in [0.25, 0.3) is 0 Å². The molecule has 0 bridgehead atoms. The Kier molecular flexibility index (Phi) is 8.48. The van der Waals surface area contributed by atoms with E-state index in [1.54, 1.807) is 0 Å². The molecule has 0 aromatic heterocycles. The van der Waals surface area contributed by atoms with E-state index in [1.165, 1.54) is 33.9 Å². The van der Waals surface area contributed by atoms with Crippen LogP contribution in [0.4, 0.5) is 17.1 Å². The van der Waals surface area contributed by atoms with Gasteiger partial charge in [-0.15, -0.1) is 35.3 Å². The lowest BCUT2D eigenvalue weighted by molar-refractivity contribution is 0.0289. The van der Waals surface area contributed by atoms with Crippen LogP contribution in [0.3, 0.4) is 0 Å². The molecular weight excluding hydrogens is 499 g/mol. The van der Waals surface area contributed by atoms with E-state index in [2.05, 4.69) is 57.2 Å². The molecule has 6 N–H and O–H groups in total. The van der Waals surface area contributed by atoms with Gasteiger partial charge in [0.15, 0.2) is 0 Å². The third-order valence-corrected chi connectivity index (χ3v) is 11.6. The molecule has 0 saturated heterocycles. The Balaban J connectivity index is 1.55. The van der Waals surface area contributed by atoms with Gasteiger partial charge in [-0.3, -0.25) is 0 Å². The summed E-state index contributed by atoms with van der Waals surface area (Å²) in [5, 5.41) is 0. The Labute approximate surface area is 229 Å². The summed E-state index contributed by atoms with van der Waals surface area (Å²) in [7, 11) is 0. The number of para-hydroxylation sites is 3. The summed E-state index contributed by atoms with van der Waals surface area (Å²) in [6.45, 7) is 7.45. The molecule has 0 atom stereocenters. The van der Waals surface area contributed by atoms with Crippen LogP contribution in [0.15, 0.2) is 87.5 Å². The SMILES string of the molecule is CC1(CSc2ccccc2N)CC(C)(CSc2ccccc2N)CC(C)(CSc2ccccc2N)C1. The van der Waals surface area contributed by atoms with Gasteiger partial charge in [0.2, 0.25) is 0 Å². The van der Waals surface area contributed by atoms with Crippen LogP contribution in [-0.4, -0.2) is 17.3 Å². The van der Waals surface area contributed by atoms with Gasteiger partial charge >= 0.3 is 0 Å². The maximum Gasteiger partial charge on any atom is 0.0452 e. The zero-order valence-corrected chi connectivity index (χ0v) is 24.1. The second-order valence-corrected chi connectivity index (χ2v) is 14.5. The van der Waals surface area contributed by atoms with Crippen molar-refractivity contribution in [1.82, 2.24) is 0 Å². The highest BCUT2D eigenvalue weighted by molar-refractivity contribution is 8.00. The molecule has 192 valence electrons. The summed E-state index contributed by atoms with van der Waals surface area (Å²) in [6.07, 6.45) is 3.56. The Morgan fingerprint density at radius 3 is 1.00 bits per heavy atom. The van der Waals surface area contributed by atoms with E-state index in [9.17, 15) is 0 Å². The van der Waals surface area contributed by atoms with Gasteiger partial charge in [-0.2, -0.15) is 0 Å². The van der Waals surface area contributed by atoms with Gasteiger partial charge in [-0.1, -0.05) is 57.2 Å². The second-order valence-electron chi connectivity index (χ2n) is 11.4. The normalized spacial score (nSPS) is 26.1. The third kappa shape index (κ3) is 6.90. The van der Waals surface area contributed by atoms with Crippen LogP contribution >= 0.6 is 35.3 Å². The van der Waals surface area contributed by atoms with Crippen molar-refractivity contribution < 1.29 is 0 Å². The smallest absolute Gasteiger partial charge is 0.0452 e. The van der Waals surface area contributed by atoms with Crippen LogP contribution in [-0.2, 0) is 0 Å².